The van der Waals surface area contributed by atoms with Gasteiger partial charge >= 0.3 is 11.6 Å². The number of fused-ring (bicyclic) bond motifs is 1. The number of carbonyl (C=O) groups is 1. The van der Waals surface area contributed by atoms with Crippen molar-refractivity contribution in [3.8, 4) is 5.75 Å². The molecule has 5 heteroatoms. The molecule has 0 radical (unpaired) electrons. The second-order valence-corrected chi connectivity index (χ2v) is 6.88. The van der Waals surface area contributed by atoms with Gasteiger partial charge in [0.15, 0.2) is 0 Å². The molecular formula is C21H28O5. The van der Waals surface area contributed by atoms with Crippen LogP contribution in [0.4, 0.5) is 0 Å². The number of hydrogen-bond donors (Lipinski definition) is 0. The molecule has 0 saturated carbocycles. The van der Waals surface area contributed by atoms with Crippen LogP contribution in [-0.2, 0) is 16.0 Å². The number of hydrogen-bond acceptors (Lipinski definition) is 5. The molecule has 0 bridgehead atoms. The van der Waals surface area contributed by atoms with E-state index in [-0.39, 0.29) is 11.6 Å². The first-order valence-corrected chi connectivity index (χ1v) is 9.26. The molecule has 1 heterocycles. The summed E-state index contributed by atoms with van der Waals surface area (Å²) in [7, 11) is 1.40. The molecule has 0 aliphatic rings. The highest BCUT2D eigenvalue weighted by atomic mass is 16.5. The van der Waals surface area contributed by atoms with Crippen molar-refractivity contribution in [2.24, 2.45) is 5.92 Å². The van der Waals surface area contributed by atoms with E-state index < -0.39 is 0 Å². The van der Waals surface area contributed by atoms with Crippen LogP contribution >= 0.6 is 0 Å². The van der Waals surface area contributed by atoms with Crippen LogP contribution in [0.3, 0.4) is 0 Å². The summed E-state index contributed by atoms with van der Waals surface area (Å²) in [4.78, 5) is 22.8. The van der Waals surface area contributed by atoms with Gasteiger partial charge in [0, 0.05) is 23.4 Å². The van der Waals surface area contributed by atoms with E-state index in [1.165, 1.54) is 13.2 Å². The molecule has 0 N–H and O–H groups in total. The third-order valence-electron chi connectivity index (χ3n) is 4.33. The zero-order valence-electron chi connectivity index (χ0n) is 15.9. The Morgan fingerprint density at radius 2 is 1.88 bits per heavy atom. The number of benzene rings is 1. The van der Waals surface area contributed by atoms with E-state index in [1.807, 2.05) is 12.1 Å². The maximum absolute atomic E-state index is 11.7. The summed E-state index contributed by atoms with van der Waals surface area (Å²) in [6.07, 6.45) is 4.80. The number of unbranched alkanes of at least 4 members (excludes halogenated alkanes) is 2. The summed E-state index contributed by atoms with van der Waals surface area (Å²) in [5.41, 5.74) is 1.24. The van der Waals surface area contributed by atoms with E-state index in [0.717, 1.165) is 48.8 Å². The Hall–Kier alpha value is -2.30. The predicted octanol–water partition coefficient (Wildman–Crippen LogP) is 4.49. The number of aryl methyl sites for hydroxylation is 1. The fourth-order valence-electron chi connectivity index (χ4n) is 2.81. The summed E-state index contributed by atoms with van der Waals surface area (Å²) in [6.45, 7) is 4.91. The van der Waals surface area contributed by atoms with Gasteiger partial charge in [0.25, 0.3) is 0 Å². The van der Waals surface area contributed by atoms with Crippen molar-refractivity contribution < 1.29 is 18.7 Å². The molecule has 0 aliphatic heterocycles. The highest BCUT2D eigenvalue weighted by Gasteiger charge is 2.13. The minimum Gasteiger partial charge on any atom is -0.493 e. The zero-order valence-corrected chi connectivity index (χ0v) is 15.9. The lowest BCUT2D eigenvalue weighted by atomic mass is 10.00. The Morgan fingerprint density at radius 3 is 2.62 bits per heavy atom. The molecule has 0 fully saturated rings. The van der Waals surface area contributed by atoms with Gasteiger partial charge in [-0.15, -0.1) is 0 Å². The second kappa shape index (κ2) is 10.00. The first-order valence-electron chi connectivity index (χ1n) is 9.26. The van der Waals surface area contributed by atoms with Crippen molar-refractivity contribution in [2.45, 2.75) is 52.4 Å². The van der Waals surface area contributed by atoms with E-state index in [0.29, 0.717) is 24.5 Å². The van der Waals surface area contributed by atoms with E-state index in [9.17, 15) is 9.59 Å². The number of carbonyl (C=O) groups excluding carboxylic acids is 1. The molecule has 0 atom stereocenters. The van der Waals surface area contributed by atoms with Crippen LogP contribution in [0.1, 0.15) is 51.5 Å². The normalized spacial score (nSPS) is 11.1. The third kappa shape index (κ3) is 5.90. The van der Waals surface area contributed by atoms with Crippen molar-refractivity contribution in [3.05, 3.63) is 40.2 Å². The quantitative estimate of drug-likeness (QED) is 0.355. The summed E-state index contributed by atoms with van der Waals surface area (Å²) in [5, 5.41) is 0.911. The van der Waals surface area contributed by atoms with E-state index in [1.54, 1.807) is 6.07 Å². The standard InChI is InChI=1S/C21H28O5/c1-15(2)8-11-17-18(25-14-6-4-5-7-19(22)24-3)12-9-16-10-13-20(23)26-21(16)17/h9-10,12-13,15H,4-8,11,14H2,1-3H3. The molecule has 26 heavy (non-hydrogen) atoms. The topological polar surface area (TPSA) is 65.7 Å². The number of rotatable bonds is 10. The second-order valence-electron chi connectivity index (χ2n) is 6.88. The smallest absolute Gasteiger partial charge is 0.336 e. The first kappa shape index (κ1) is 20.0. The van der Waals surface area contributed by atoms with Crippen LogP contribution in [0, 0.1) is 5.92 Å². The third-order valence-corrected chi connectivity index (χ3v) is 4.33. The zero-order chi connectivity index (χ0) is 18.9. The van der Waals surface area contributed by atoms with Crippen molar-refractivity contribution in [1.82, 2.24) is 0 Å². The Balaban J connectivity index is 2.04. The summed E-state index contributed by atoms with van der Waals surface area (Å²) in [5.74, 6) is 1.15. The Morgan fingerprint density at radius 1 is 1.12 bits per heavy atom. The maximum Gasteiger partial charge on any atom is 0.336 e. The van der Waals surface area contributed by atoms with Crippen molar-refractivity contribution in [1.29, 1.82) is 0 Å². The fraction of sp³-hybridized carbons (Fsp3) is 0.524. The van der Waals surface area contributed by atoms with Crippen LogP contribution in [0.5, 0.6) is 5.75 Å². The van der Waals surface area contributed by atoms with Gasteiger partial charge in [0.05, 0.1) is 13.7 Å². The molecule has 142 valence electrons. The molecule has 2 aromatic rings. The molecule has 1 aromatic heterocycles. The van der Waals surface area contributed by atoms with Gasteiger partial charge in [0.1, 0.15) is 11.3 Å². The van der Waals surface area contributed by atoms with E-state index in [4.69, 9.17) is 9.15 Å². The highest BCUT2D eigenvalue weighted by Crippen LogP contribution is 2.29. The molecule has 0 aliphatic carbocycles. The molecule has 0 spiro atoms. The molecule has 0 saturated heterocycles. The average molecular weight is 360 g/mol. The minimum atomic E-state index is -0.344. The molecular weight excluding hydrogens is 332 g/mol. The van der Waals surface area contributed by atoms with Crippen LogP contribution in [0.25, 0.3) is 11.0 Å². The highest BCUT2D eigenvalue weighted by molar-refractivity contribution is 5.82. The number of ether oxygens (including phenoxy) is 2. The summed E-state index contributed by atoms with van der Waals surface area (Å²) in [6, 6.07) is 7.10. The van der Waals surface area contributed by atoms with E-state index >= 15 is 0 Å². The van der Waals surface area contributed by atoms with Gasteiger partial charge in [-0.25, -0.2) is 4.79 Å². The number of methoxy groups -OCH3 is 1. The Kier molecular flexibility index (Phi) is 7.70. The molecule has 1 aromatic carbocycles. The van der Waals surface area contributed by atoms with Gasteiger partial charge in [-0.1, -0.05) is 13.8 Å². The average Bonchev–Trinajstić information content (AvgIpc) is 2.62. The lowest BCUT2D eigenvalue weighted by Gasteiger charge is -2.14. The molecule has 5 nitrogen and oxygen atoms in total. The van der Waals surface area contributed by atoms with Crippen LogP contribution in [0.2, 0.25) is 0 Å². The first-order chi connectivity index (χ1) is 12.5. The van der Waals surface area contributed by atoms with Crippen molar-refractivity contribution in [2.75, 3.05) is 13.7 Å². The van der Waals surface area contributed by atoms with Crippen LogP contribution < -0.4 is 10.4 Å². The van der Waals surface area contributed by atoms with Gasteiger partial charge in [-0.3, -0.25) is 4.79 Å². The maximum atomic E-state index is 11.7. The molecule has 0 amide bonds. The largest absolute Gasteiger partial charge is 0.493 e. The molecule has 2 rings (SSSR count). The predicted molar refractivity (Wildman–Crippen MR) is 102 cm³/mol. The van der Waals surface area contributed by atoms with Crippen molar-refractivity contribution in [3.63, 3.8) is 0 Å². The fourth-order valence-corrected chi connectivity index (χ4v) is 2.81. The van der Waals surface area contributed by atoms with Gasteiger partial charge < -0.3 is 13.9 Å². The lowest BCUT2D eigenvalue weighted by Crippen LogP contribution is -2.05. The van der Waals surface area contributed by atoms with Gasteiger partial charge in [0.2, 0.25) is 0 Å². The number of esters is 1. The Bertz CT molecular complexity index is 776. The monoisotopic (exact) mass is 360 g/mol. The van der Waals surface area contributed by atoms with Crippen molar-refractivity contribution >= 4 is 16.9 Å². The minimum absolute atomic E-state index is 0.175. The van der Waals surface area contributed by atoms with Gasteiger partial charge in [-0.2, -0.15) is 0 Å². The summed E-state index contributed by atoms with van der Waals surface area (Å²) < 4.78 is 16.1. The van der Waals surface area contributed by atoms with Crippen LogP contribution in [0.15, 0.2) is 33.5 Å². The summed E-state index contributed by atoms with van der Waals surface area (Å²) >= 11 is 0. The Labute approximate surface area is 154 Å². The van der Waals surface area contributed by atoms with Gasteiger partial charge in [-0.05, 0) is 56.2 Å². The van der Waals surface area contributed by atoms with Crippen LogP contribution in [-0.4, -0.2) is 19.7 Å². The van der Waals surface area contributed by atoms with E-state index in [2.05, 4.69) is 18.6 Å². The SMILES string of the molecule is COC(=O)CCCCCOc1ccc2ccc(=O)oc2c1CCC(C)C. The molecule has 0 unspecified atom stereocenters. The lowest BCUT2D eigenvalue weighted by molar-refractivity contribution is -0.140.